The van der Waals surface area contributed by atoms with E-state index in [1.54, 1.807) is 0 Å². The molecule has 0 bridgehead atoms. The van der Waals surface area contributed by atoms with Crippen molar-refractivity contribution in [3.63, 3.8) is 0 Å². The average molecular weight is 74.1 g/mol. The van der Waals surface area contributed by atoms with Crippen LogP contribution in [0.1, 0.15) is 0 Å². The molecule has 1 atom stereocenters. The standard InChI is InChI=1S/C3H6O2/c1-3(5)2-4/h1,3-5H,2H2/t3-/m1/s1. The zero-order valence-corrected chi connectivity index (χ0v) is 2.76. The third kappa shape index (κ3) is 3.92. The first-order valence-corrected chi connectivity index (χ1v) is 1.32. The van der Waals surface area contributed by atoms with Crippen LogP contribution in [-0.4, -0.2) is 22.9 Å². The molecule has 5 heavy (non-hydrogen) atoms. The normalized spacial score (nSPS) is 15.0. The third-order valence-electron chi connectivity index (χ3n) is 0.187. The fourth-order valence-electron chi connectivity index (χ4n) is 0. The van der Waals surface area contributed by atoms with Gasteiger partial charge in [-0.25, -0.2) is 0 Å². The molecular formula is C3H6O2. The first-order valence-electron chi connectivity index (χ1n) is 1.32. The molecule has 0 aliphatic heterocycles. The van der Waals surface area contributed by atoms with Gasteiger partial charge in [0.25, 0.3) is 0 Å². The van der Waals surface area contributed by atoms with Crippen molar-refractivity contribution in [3.05, 3.63) is 6.92 Å². The van der Waals surface area contributed by atoms with Crippen LogP contribution in [0.15, 0.2) is 0 Å². The molecule has 0 fully saturated rings. The summed E-state index contributed by atoms with van der Waals surface area (Å²) in [6.07, 6.45) is -1.06. The first kappa shape index (κ1) is 4.92. The molecule has 0 heterocycles. The van der Waals surface area contributed by atoms with Crippen LogP contribution in [0, 0.1) is 6.92 Å². The molecule has 0 aromatic carbocycles. The van der Waals surface area contributed by atoms with E-state index in [0.29, 0.717) is 0 Å². The lowest BCUT2D eigenvalue weighted by molar-refractivity contribution is 0.129. The van der Waals surface area contributed by atoms with Gasteiger partial charge in [0.1, 0.15) is 0 Å². The highest BCUT2D eigenvalue weighted by Crippen LogP contribution is 1.67. The van der Waals surface area contributed by atoms with Gasteiger partial charge in [-0.05, 0) is 6.92 Å². The molecule has 30 valence electrons. The number of hydrogen-bond acceptors (Lipinski definition) is 2. The predicted molar refractivity (Wildman–Crippen MR) is 17.4 cm³/mol. The van der Waals surface area contributed by atoms with Crippen molar-refractivity contribution in [2.75, 3.05) is 6.61 Å². The SMILES string of the molecule is [CH][C@@H](O)CO. The highest BCUT2D eigenvalue weighted by Gasteiger charge is 1.84. The Labute approximate surface area is 31.1 Å². The van der Waals surface area contributed by atoms with Crippen LogP contribution in [0.4, 0.5) is 0 Å². The third-order valence-corrected chi connectivity index (χ3v) is 0.187. The van der Waals surface area contributed by atoms with E-state index in [1.807, 2.05) is 0 Å². The van der Waals surface area contributed by atoms with Gasteiger partial charge in [-0.3, -0.25) is 0 Å². The fraction of sp³-hybridized carbons (Fsp3) is 0.667. The minimum absolute atomic E-state index is 0.361. The first-order chi connectivity index (χ1) is 2.27. The summed E-state index contributed by atoms with van der Waals surface area (Å²) in [5.41, 5.74) is 0. The van der Waals surface area contributed by atoms with Crippen molar-refractivity contribution in [2.24, 2.45) is 0 Å². The van der Waals surface area contributed by atoms with E-state index in [9.17, 15) is 0 Å². The smallest absolute Gasteiger partial charge is 0.0806 e. The van der Waals surface area contributed by atoms with Crippen LogP contribution < -0.4 is 0 Å². The summed E-state index contributed by atoms with van der Waals surface area (Å²) in [6.45, 7) is 4.24. The minimum Gasteiger partial charge on any atom is -0.394 e. The number of aliphatic hydroxyl groups excluding tert-OH is 2. The summed E-state index contributed by atoms with van der Waals surface area (Å²) >= 11 is 0. The Hall–Kier alpha value is -0.0800. The summed E-state index contributed by atoms with van der Waals surface area (Å²) < 4.78 is 0. The van der Waals surface area contributed by atoms with Gasteiger partial charge in [0, 0.05) is 0 Å². The summed E-state index contributed by atoms with van der Waals surface area (Å²) in [6, 6.07) is 0. The summed E-state index contributed by atoms with van der Waals surface area (Å²) in [5, 5.41) is 15.7. The average Bonchev–Trinajstić information content (AvgIpc) is 1.38. The molecule has 2 nitrogen and oxygen atoms in total. The van der Waals surface area contributed by atoms with Crippen LogP contribution in [0.5, 0.6) is 0 Å². The van der Waals surface area contributed by atoms with Gasteiger partial charge in [0.2, 0.25) is 0 Å². The molecule has 0 amide bonds. The van der Waals surface area contributed by atoms with Gasteiger partial charge in [-0.15, -0.1) is 0 Å². The Morgan fingerprint density at radius 1 is 1.80 bits per heavy atom. The highest BCUT2D eigenvalue weighted by atomic mass is 16.3. The Kier molecular flexibility index (Phi) is 2.14. The van der Waals surface area contributed by atoms with Crippen LogP contribution in [0.25, 0.3) is 0 Å². The van der Waals surface area contributed by atoms with Gasteiger partial charge in [0.05, 0.1) is 12.7 Å². The highest BCUT2D eigenvalue weighted by molar-refractivity contribution is 4.49. The Bertz CT molecular complexity index is 18.9. The van der Waals surface area contributed by atoms with Gasteiger partial charge < -0.3 is 10.2 Å². The maximum Gasteiger partial charge on any atom is 0.0806 e. The topological polar surface area (TPSA) is 40.5 Å². The second-order valence-electron chi connectivity index (χ2n) is 0.750. The van der Waals surface area contributed by atoms with Crippen molar-refractivity contribution in [1.29, 1.82) is 0 Å². The summed E-state index contributed by atoms with van der Waals surface area (Å²) in [5.74, 6) is 0. The quantitative estimate of drug-likeness (QED) is 0.421. The van der Waals surface area contributed by atoms with Crippen LogP contribution >= 0.6 is 0 Å². The molecule has 2 N–H and O–H groups in total. The van der Waals surface area contributed by atoms with Gasteiger partial charge >= 0.3 is 0 Å². The van der Waals surface area contributed by atoms with Crippen LogP contribution in [-0.2, 0) is 0 Å². The number of aliphatic hydroxyl groups is 2. The Balaban J connectivity index is 2.54. The van der Waals surface area contributed by atoms with E-state index >= 15 is 0 Å². The predicted octanol–water partition coefficient (Wildman–Crippen LogP) is -0.949. The van der Waals surface area contributed by atoms with E-state index in [0.717, 1.165) is 0 Å². The zero-order valence-electron chi connectivity index (χ0n) is 2.76. The Morgan fingerprint density at radius 2 is 2.00 bits per heavy atom. The molecule has 0 aliphatic rings. The molecule has 0 saturated heterocycles. The lowest BCUT2D eigenvalue weighted by Crippen LogP contribution is -2.04. The van der Waals surface area contributed by atoms with Crippen molar-refractivity contribution in [1.82, 2.24) is 0 Å². The molecule has 0 unspecified atom stereocenters. The van der Waals surface area contributed by atoms with Gasteiger partial charge in [-0.2, -0.15) is 0 Å². The maximum atomic E-state index is 7.89. The minimum atomic E-state index is -1.06. The molecule has 0 aliphatic carbocycles. The number of rotatable bonds is 1. The van der Waals surface area contributed by atoms with Crippen molar-refractivity contribution >= 4 is 0 Å². The van der Waals surface area contributed by atoms with Crippen LogP contribution in [0.2, 0.25) is 0 Å². The lowest BCUT2D eigenvalue weighted by atomic mass is 10.5. The van der Waals surface area contributed by atoms with Crippen molar-refractivity contribution in [3.8, 4) is 0 Å². The largest absolute Gasteiger partial charge is 0.394 e. The molecule has 2 radical (unpaired) electrons. The fourth-order valence-corrected chi connectivity index (χ4v) is 0. The van der Waals surface area contributed by atoms with E-state index in [4.69, 9.17) is 10.2 Å². The van der Waals surface area contributed by atoms with E-state index in [1.165, 1.54) is 0 Å². The monoisotopic (exact) mass is 74.0 g/mol. The molecule has 0 saturated carbocycles. The zero-order chi connectivity index (χ0) is 4.28. The second kappa shape index (κ2) is 2.18. The molecular weight excluding hydrogens is 68.0 g/mol. The molecule has 0 aromatic rings. The Morgan fingerprint density at radius 3 is 2.00 bits per heavy atom. The maximum absolute atomic E-state index is 7.89. The number of hydrogen-bond donors (Lipinski definition) is 2. The van der Waals surface area contributed by atoms with Crippen molar-refractivity contribution in [2.45, 2.75) is 6.10 Å². The van der Waals surface area contributed by atoms with Gasteiger partial charge in [0.15, 0.2) is 0 Å². The van der Waals surface area contributed by atoms with Gasteiger partial charge in [-0.1, -0.05) is 0 Å². The van der Waals surface area contributed by atoms with E-state index in [2.05, 4.69) is 6.92 Å². The van der Waals surface area contributed by atoms with E-state index in [-0.39, 0.29) is 6.61 Å². The van der Waals surface area contributed by atoms with Crippen molar-refractivity contribution < 1.29 is 10.2 Å². The summed E-state index contributed by atoms with van der Waals surface area (Å²) in [4.78, 5) is 0. The molecule has 0 rings (SSSR count). The second-order valence-corrected chi connectivity index (χ2v) is 0.750. The lowest BCUT2D eigenvalue weighted by Gasteiger charge is -1.89. The molecule has 0 aromatic heterocycles. The molecule has 0 spiro atoms. The van der Waals surface area contributed by atoms with Crippen LogP contribution in [0.3, 0.4) is 0 Å². The summed E-state index contributed by atoms with van der Waals surface area (Å²) in [7, 11) is 0. The van der Waals surface area contributed by atoms with E-state index < -0.39 is 6.10 Å². The molecule has 2 heteroatoms.